The minimum absolute atomic E-state index is 0.0425. The van der Waals surface area contributed by atoms with E-state index in [2.05, 4.69) is 4.18 Å². The molecule has 0 aliphatic heterocycles. The number of alkyl halides is 3. The van der Waals surface area contributed by atoms with E-state index >= 15 is 0 Å². The van der Waals surface area contributed by atoms with Gasteiger partial charge in [0, 0.05) is 0 Å². The number of rotatable bonds is 6. The predicted molar refractivity (Wildman–Crippen MR) is 68.5 cm³/mol. The maximum Gasteiger partial charge on any atom is 0.420 e. The molecule has 114 valence electrons. The third kappa shape index (κ3) is 5.10. The lowest BCUT2D eigenvalue weighted by molar-refractivity contribution is -0.196. The van der Waals surface area contributed by atoms with Crippen molar-refractivity contribution in [3.63, 3.8) is 0 Å². The Morgan fingerprint density at radius 2 is 1.80 bits per heavy atom. The van der Waals surface area contributed by atoms with E-state index in [-0.39, 0.29) is 18.5 Å². The number of aryl methyl sites for hydroxylation is 1. The number of benzene rings is 1. The van der Waals surface area contributed by atoms with Crippen molar-refractivity contribution in [1.82, 2.24) is 0 Å². The molecule has 0 radical (unpaired) electrons. The Bertz CT molecular complexity index is 526. The van der Waals surface area contributed by atoms with Gasteiger partial charge in [-0.2, -0.15) is 21.6 Å². The van der Waals surface area contributed by atoms with Crippen molar-refractivity contribution in [3.8, 4) is 0 Å². The quantitative estimate of drug-likeness (QED) is 0.818. The minimum atomic E-state index is -4.81. The van der Waals surface area contributed by atoms with Crippen LogP contribution in [0.25, 0.3) is 0 Å². The monoisotopic (exact) mass is 311 g/mol. The standard InChI is InChI=1S/C12H16F3NO3S/c1-9-3-5-10(6-4-9)11(12(13,14)15)19-20(17,18)8-2-7-16/h3-6,11H,2,7-8,16H2,1H3/t11-/m0/s1. The Balaban J connectivity index is 3.00. The van der Waals surface area contributed by atoms with E-state index in [1.807, 2.05) is 0 Å². The Morgan fingerprint density at radius 1 is 1.25 bits per heavy atom. The summed E-state index contributed by atoms with van der Waals surface area (Å²) in [4.78, 5) is 0. The van der Waals surface area contributed by atoms with Crippen molar-refractivity contribution in [2.45, 2.75) is 25.6 Å². The molecule has 0 bridgehead atoms. The summed E-state index contributed by atoms with van der Waals surface area (Å²) in [7, 11) is -4.28. The molecular weight excluding hydrogens is 295 g/mol. The first-order valence-corrected chi connectivity index (χ1v) is 7.48. The van der Waals surface area contributed by atoms with Gasteiger partial charge in [-0.1, -0.05) is 29.8 Å². The lowest BCUT2D eigenvalue weighted by Crippen LogP contribution is -2.27. The second-order valence-corrected chi connectivity index (χ2v) is 6.05. The third-order valence-corrected chi connectivity index (χ3v) is 3.79. The zero-order valence-corrected chi connectivity index (χ0v) is 11.7. The summed E-state index contributed by atoms with van der Waals surface area (Å²) in [6.07, 6.45) is -7.27. The molecule has 0 aliphatic carbocycles. The highest BCUT2D eigenvalue weighted by Crippen LogP contribution is 2.37. The fourth-order valence-electron chi connectivity index (χ4n) is 1.50. The van der Waals surface area contributed by atoms with Gasteiger partial charge in [0.2, 0.25) is 0 Å². The Morgan fingerprint density at radius 3 is 2.25 bits per heavy atom. The van der Waals surface area contributed by atoms with E-state index < -0.39 is 28.2 Å². The van der Waals surface area contributed by atoms with Crippen LogP contribution in [-0.2, 0) is 14.3 Å². The molecule has 0 aliphatic rings. The number of nitrogens with two attached hydrogens (primary N) is 1. The van der Waals surface area contributed by atoms with Crippen molar-refractivity contribution in [2.24, 2.45) is 5.73 Å². The van der Waals surface area contributed by atoms with E-state index in [0.29, 0.717) is 0 Å². The second kappa shape index (κ2) is 6.55. The van der Waals surface area contributed by atoms with Gasteiger partial charge in [-0.05, 0) is 25.5 Å². The summed E-state index contributed by atoms with van der Waals surface area (Å²) in [5.41, 5.74) is 5.65. The molecule has 1 atom stereocenters. The van der Waals surface area contributed by atoms with Crippen molar-refractivity contribution in [1.29, 1.82) is 0 Å². The van der Waals surface area contributed by atoms with Gasteiger partial charge in [0.15, 0.2) is 6.10 Å². The number of halogens is 3. The van der Waals surface area contributed by atoms with E-state index in [4.69, 9.17) is 5.73 Å². The molecule has 0 spiro atoms. The molecule has 0 unspecified atom stereocenters. The molecule has 0 fully saturated rings. The van der Waals surface area contributed by atoms with Gasteiger partial charge in [0.05, 0.1) is 5.75 Å². The molecule has 20 heavy (non-hydrogen) atoms. The summed E-state index contributed by atoms with van der Waals surface area (Å²) in [5, 5.41) is 0. The molecule has 2 N–H and O–H groups in total. The molecular formula is C12H16F3NO3S. The fraction of sp³-hybridized carbons (Fsp3) is 0.500. The van der Waals surface area contributed by atoms with Gasteiger partial charge < -0.3 is 5.73 Å². The molecule has 8 heteroatoms. The normalized spacial score (nSPS) is 14.2. The first-order chi connectivity index (χ1) is 9.15. The molecule has 0 saturated heterocycles. The maximum atomic E-state index is 12.9. The molecule has 0 heterocycles. The molecule has 4 nitrogen and oxygen atoms in total. The van der Waals surface area contributed by atoms with Crippen LogP contribution in [0.15, 0.2) is 24.3 Å². The van der Waals surface area contributed by atoms with Crippen LogP contribution in [-0.4, -0.2) is 26.9 Å². The van der Waals surface area contributed by atoms with Gasteiger partial charge in [-0.25, -0.2) is 0 Å². The summed E-state index contributed by atoms with van der Waals surface area (Å²) in [6, 6.07) is 5.33. The highest BCUT2D eigenvalue weighted by atomic mass is 32.2. The summed E-state index contributed by atoms with van der Waals surface area (Å²) in [6.45, 7) is 1.77. The van der Waals surface area contributed by atoms with Gasteiger partial charge >= 0.3 is 6.18 Å². The molecule has 0 amide bonds. The lowest BCUT2D eigenvalue weighted by atomic mass is 10.1. The molecule has 1 rings (SSSR count). The Labute approximate surface area is 115 Å². The Hall–Kier alpha value is -1.12. The smallest absolute Gasteiger partial charge is 0.330 e. The van der Waals surface area contributed by atoms with Gasteiger partial charge in [0.1, 0.15) is 0 Å². The average molecular weight is 311 g/mol. The van der Waals surface area contributed by atoms with Gasteiger partial charge in [0.25, 0.3) is 10.1 Å². The highest BCUT2D eigenvalue weighted by molar-refractivity contribution is 7.86. The van der Waals surface area contributed by atoms with E-state index in [9.17, 15) is 21.6 Å². The molecule has 1 aromatic rings. The number of hydrogen-bond donors (Lipinski definition) is 1. The minimum Gasteiger partial charge on any atom is -0.330 e. The zero-order chi connectivity index (χ0) is 15.4. The first kappa shape index (κ1) is 16.9. The van der Waals surface area contributed by atoms with Crippen LogP contribution < -0.4 is 5.73 Å². The van der Waals surface area contributed by atoms with Gasteiger partial charge in [-0.3, -0.25) is 4.18 Å². The van der Waals surface area contributed by atoms with E-state index in [0.717, 1.165) is 5.56 Å². The number of hydrogen-bond acceptors (Lipinski definition) is 4. The maximum absolute atomic E-state index is 12.9. The van der Waals surface area contributed by atoms with Crippen molar-refractivity contribution >= 4 is 10.1 Å². The lowest BCUT2D eigenvalue weighted by Gasteiger charge is -2.20. The van der Waals surface area contributed by atoms with Crippen molar-refractivity contribution < 1.29 is 25.8 Å². The van der Waals surface area contributed by atoms with Crippen LogP contribution in [0, 0.1) is 6.92 Å². The zero-order valence-electron chi connectivity index (χ0n) is 10.9. The van der Waals surface area contributed by atoms with Crippen LogP contribution in [0.3, 0.4) is 0 Å². The van der Waals surface area contributed by atoms with Crippen LogP contribution in [0.4, 0.5) is 13.2 Å². The molecule has 0 saturated carbocycles. The van der Waals surface area contributed by atoms with Crippen molar-refractivity contribution in [2.75, 3.05) is 12.3 Å². The summed E-state index contributed by atoms with van der Waals surface area (Å²) < 4.78 is 66.2. The average Bonchev–Trinajstić information content (AvgIpc) is 2.34. The fourth-order valence-corrected chi connectivity index (χ4v) is 2.63. The van der Waals surface area contributed by atoms with E-state index in [1.54, 1.807) is 6.92 Å². The third-order valence-electron chi connectivity index (χ3n) is 2.52. The van der Waals surface area contributed by atoms with Crippen molar-refractivity contribution in [3.05, 3.63) is 35.4 Å². The van der Waals surface area contributed by atoms with Gasteiger partial charge in [-0.15, -0.1) is 0 Å². The SMILES string of the molecule is Cc1ccc([C@H](OS(=O)(=O)CCCN)C(F)(F)F)cc1. The summed E-state index contributed by atoms with van der Waals surface area (Å²) >= 11 is 0. The van der Waals surface area contributed by atoms with Crippen LogP contribution in [0.1, 0.15) is 23.7 Å². The summed E-state index contributed by atoms with van der Waals surface area (Å²) in [5.74, 6) is -0.540. The van der Waals surface area contributed by atoms with Crippen LogP contribution in [0.2, 0.25) is 0 Å². The molecule has 0 aromatic heterocycles. The van der Waals surface area contributed by atoms with Crippen LogP contribution in [0.5, 0.6) is 0 Å². The first-order valence-electron chi connectivity index (χ1n) is 5.90. The van der Waals surface area contributed by atoms with E-state index in [1.165, 1.54) is 24.3 Å². The Kier molecular flexibility index (Phi) is 5.55. The largest absolute Gasteiger partial charge is 0.420 e. The predicted octanol–water partition coefficient (Wildman–Crippen LogP) is 2.29. The highest BCUT2D eigenvalue weighted by Gasteiger charge is 2.44. The second-order valence-electron chi connectivity index (χ2n) is 4.33. The molecule has 1 aromatic carbocycles. The van der Waals surface area contributed by atoms with Crippen LogP contribution >= 0.6 is 0 Å². The topological polar surface area (TPSA) is 69.4 Å².